The van der Waals surface area contributed by atoms with E-state index in [-0.39, 0.29) is 0 Å². The van der Waals surface area contributed by atoms with E-state index in [4.69, 9.17) is 9.97 Å². The van der Waals surface area contributed by atoms with Crippen LogP contribution in [0.2, 0.25) is 0 Å². The summed E-state index contributed by atoms with van der Waals surface area (Å²) in [5.74, 6) is 0.719. The fraction of sp³-hybridized carbons (Fsp3) is 0.0204. The van der Waals surface area contributed by atoms with Gasteiger partial charge < -0.3 is 0 Å². The molecule has 2 aliphatic rings. The minimum absolute atomic E-state index is 0.408. The zero-order valence-corrected chi connectivity index (χ0v) is 27.7. The lowest BCUT2D eigenvalue weighted by Crippen LogP contribution is -2.25. The molecule has 0 N–H and O–H groups in total. The topological polar surface area (TPSA) is 25.8 Å². The van der Waals surface area contributed by atoms with Gasteiger partial charge in [0.05, 0.1) is 16.8 Å². The molecule has 2 nitrogen and oxygen atoms in total. The zero-order valence-electron chi connectivity index (χ0n) is 27.7. The van der Waals surface area contributed by atoms with Gasteiger partial charge in [0.1, 0.15) is 0 Å². The highest BCUT2D eigenvalue weighted by Gasteiger charge is 2.52. The van der Waals surface area contributed by atoms with Crippen LogP contribution in [0, 0.1) is 0 Å². The van der Waals surface area contributed by atoms with Gasteiger partial charge >= 0.3 is 0 Å². The Bertz CT molecular complexity index is 2820. The Morgan fingerprint density at radius 1 is 0.333 bits per heavy atom. The Kier molecular flexibility index (Phi) is 5.91. The molecular formula is C49H30N2. The predicted molar refractivity (Wildman–Crippen MR) is 210 cm³/mol. The predicted octanol–water partition coefficient (Wildman–Crippen LogP) is 12.1. The Morgan fingerprint density at radius 3 is 1.69 bits per heavy atom. The molecule has 0 aliphatic heterocycles. The minimum atomic E-state index is -0.408. The van der Waals surface area contributed by atoms with E-state index in [1.807, 2.05) is 6.07 Å². The van der Waals surface area contributed by atoms with Crippen LogP contribution in [-0.4, -0.2) is 9.97 Å². The summed E-state index contributed by atoms with van der Waals surface area (Å²) in [6, 6.07) is 66.0. The van der Waals surface area contributed by atoms with Crippen molar-refractivity contribution >= 4 is 21.5 Å². The van der Waals surface area contributed by atoms with Crippen LogP contribution in [0.3, 0.4) is 0 Å². The molecule has 0 atom stereocenters. The number of benzene rings is 8. The largest absolute Gasteiger partial charge is 0.228 e. The number of hydrogen-bond donors (Lipinski definition) is 0. The molecule has 0 radical (unpaired) electrons. The number of hydrogen-bond acceptors (Lipinski definition) is 2. The van der Waals surface area contributed by atoms with E-state index in [0.717, 1.165) is 33.9 Å². The highest BCUT2D eigenvalue weighted by Crippen LogP contribution is 2.63. The van der Waals surface area contributed by atoms with Crippen molar-refractivity contribution in [3.05, 3.63) is 204 Å². The van der Waals surface area contributed by atoms with Crippen LogP contribution in [0.25, 0.3) is 77.7 Å². The maximum Gasteiger partial charge on any atom is 0.160 e. The van der Waals surface area contributed by atoms with E-state index in [2.05, 4.69) is 176 Å². The quantitative estimate of drug-likeness (QED) is 0.179. The van der Waals surface area contributed by atoms with E-state index in [9.17, 15) is 0 Å². The van der Waals surface area contributed by atoms with Crippen LogP contribution in [0.1, 0.15) is 22.3 Å². The molecule has 11 rings (SSSR count). The minimum Gasteiger partial charge on any atom is -0.228 e. The lowest BCUT2D eigenvalue weighted by atomic mass is 9.70. The zero-order chi connectivity index (χ0) is 33.5. The summed E-state index contributed by atoms with van der Waals surface area (Å²) in [6.45, 7) is 0. The molecule has 236 valence electrons. The fourth-order valence-corrected chi connectivity index (χ4v) is 8.98. The molecule has 51 heavy (non-hydrogen) atoms. The van der Waals surface area contributed by atoms with Crippen molar-refractivity contribution in [2.24, 2.45) is 0 Å². The average Bonchev–Trinajstić information content (AvgIpc) is 3.68. The molecule has 1 heterocycles. The van der Waals surface area contributed by atoms with Crippen LogP contribution in [0.15, 0.2) is 182 Å². The van der Waals surface area contributed by atoms with Gasteiger partial charge in [0.2, 0.25) is 0 Å². The summed E-state index contributed by atoms with van der Waals surface area (Å²) in [5.41, 5.74) is 15.0. The molecule has 9 aromatic rings. The summed E-state index contributed by atoms with van der Waals surface area (Å²) in [4.78, 5) is 10.6. The molecular weight excluding hydrogens is 617 g/mol. The summed E-state index contributed by atoms with van der Waals surface area (Å²) in [7, 11) is 0. The first kappa shape index (κ1) is 28.2. The summed E-state index contributed by atoms with van der Waals surface area (Å²) in [5, 5.41) is 4.95. The number of nitrogens with zero attached hydrogens (tertiary/aromatic N) is 2. The standard InChI is InChI=1S/C49H30N2/c1-2-14-32(15-3-1)48-50-45(34-27-28-36-33(29-34)26-25-31-13-4-5-16-35(31)36)30-46(51-48)40-20-12-24-44-47(40)39-19-8-11-23-43(39)49(44)41-21-9-6-17-37(41)38-18-7-10-22-42(38)49/h1-30H. The van der Waals surface area contributed by atoms with Gasteiger partial charge in [0.25, 0.3) is 0 Å². The first-order valence-electron chi connectivity index (χ1n) is 17.6. The van der Waals surface area contributed by atoms with Crippen LogP contribution >= 0.6 is 0 Å². The Labute approximate surface area is 296 Å². The monoisotopic (exact) mass is 646 g/mol. The van der Waals surface area contributed by atoms with E-state index < -0.39 is 5.41 Å². The lowest BCUT2D eigenvalue weighted by molar-refractivity contribution is 0.794. The van der Waals surface area contributed by atoms with Gasteiger partial charge in [0.15, 0.2) is 5.82 Å². The van der Waals surface area contributed by atoms with Gasteiger partial charge in [-0.05, 0) is 78.2 Å². The molecule has 0 bridgehead atoms. The van der Waals surface area contributed by atoms with Crippen molar-refractivity contribution in [2.75, 3.05) is 0 Å². The first-order chi connectivity index (χ1) is 25.3. The van der Waals surface area contributed by atoms with Crippen molar-refractivity contribution in [2.45, 2.75) is 5.41 Å². The first-order valence-corrected chi connectivity index (χ1v) is 17.6. The molecule has 0 amide bonds. The van der Waals surface area contributed by atoms with E-state index in [1.54, 1.807) is 0 Å². The third-order valence-electron chi connectivity index (χ3n) is 11.1. The highest BCUT2D eigenvalue weighted by molar-refractivity contribution is 6.08. The Balaban J connectivity index is 1.18. The molecule has 0 fully saturated rings. The van der Waals surface area contributed by atoms with Crippen molar-refractivity contribution in [3.63, 3.8) is 0 Å². The molecule has 0 saturated heterocycles. The number of rotatable bonds is 3. The van der Waals surface area contributed by atoms with Crippen molar-refractivity contribution < 1.29 is 0 Å². The second-order valence-corrected chi connectivity index (χ2v) is 13.7. The molecule has 1 aromatic heterocycles. The van der Waals surface area contributed by atoms with E-state index in [1.165, 1.54) is 66.1 Å². The molecule has 1 spiro atoms. The smallest absolute Gasteiger partial charge is 0.160 e. The van der Waals surface area contributed by atoms with E-state index >= 15 is 0 Å². The lowest BCUT2D eigenvalue weighted by Gasteiger charge is -2.30. The maximum absolute atomic E-state index is 5.35. The second kappa shape index (κ2) is 10.7. The number of fused-ring (bicyclic) bond motifs is 13. The van der Waals surface area contributed by atoms with Crippen molar-refractivity contribution in [1.29, 1.82) is 0 Å². The molecule has 2 aliphatic carbocycles. The molecule has 0 saturated carbocycles. The maximum atomic E-state index is 5.35. The third-order valence-corrected chi connectivity index (χ3v) is 11.1. The Morgan fingerprint density at radius 2 is 0.902 bits per heavy atom. The highest BCUT2D eigenvalue weighted by atomic mass is 14.9. The van der Waals surface area contributed by atoms with Crippen LogP contribution in [0.4, 0.5) is 0 Å². The van der Waals surface area contributed by atoms with Gasteiger partial charge in [-0.25, -0.2) is 9.97 Å². The van der Waals surface area contributed by atoms with Gasteiger partial charge in [-0.2, -0.15) is 0 Å². The third kappa shape index (κ3) is 3.93. The van der Waals surface area contributed by atoms with Crippen molar-refractivity contribution in [1.82, 2.24) is 9.97 Å². The average molecular weight is 647 g/mol. The van der Waals surface area contributed by atoms with Gasteiger partial charge in [-0.1, -0.05) is 170 Å². The summed E-state index contributed by atoms with van der Waals surface area (Å²) in [6.07, 6.45) is 0. The Hall–Kier alpha value is -6.64. The van der Waals surface area contributed by atoms with Crippen LogP contribution in [-0.2, 0) is 5.41 Å². The molecule has 2 heteroatoms. The van der Waals surface area contributed by atoms with Crippen LogP contribution in [0.5, 0.6) is 0 Å². The van der Waals surface area contributed by atoms with Crippen LogP contribution < -0.4 is 0 Å². The molecule has 8 aromatic carbocycles. The summed E-state index contributed by atoms with van der Waals surface area (Å²) >= 11 is 0. The summed E-state index contributed by atoms with van der Waals surface area (Å²) < 4.78 is 0. The van der Waals surface area contributed by atoms with Gasteiger partial charge in [-0.3, -0.25) is 0 Å². The van der Waals surface area contributed by atoms with Crippen molar-refractivity contribution in [3.8, 4) is 56.2 Å². The van der Waals surface area contributed by atoms with Gasteiger partial charge in [0, 0.05) is 16.7 Å². The number of aromatic nitrogens is 2. The van der Waals surface area contributed by atoms with Gasteiger partial charge in [-0.15, -0.1) is 0 Å². The second-order valence-electron chi connectivity index (χ2n) is 13.7. The molecule has 0 unspecified atom stereocenters. The fourth-order valence-electron chi connectivity index (χ4n) is 8.98. The SMILES string of the molecule is c1ccc(-c2nc(-c3ccc4c(ccc5ccccc54)c3)cc(-c3cccc4c3-c3ccccc3C43c4ccccc4-c4ccccc43)n2)cc1. The normalized spacial score (nSPS) is 13.3. The van der Waals surface area contributed by atoms with E-state index in [0.29, 0.717) is 0 Å².